The summed E-state index contributed by atoms with van der Waals surface area (Å²) in [5, 5.41) is 0. The van der Waals surface area contributed by atoms with Crippen molar-refractivity contribution in [2.45, 2.75) is 19.4 Å². The van der Waals surface area contributed by atoms with E-state index in [9.17, 15) is 0 Å². The lowest BCUT2D eigenvalue weighted by molar-refractivity contribution is 0.0616. The normalized spacial score (nSPS) is 18.0. The lowest BCUT2D eigenvalue weighted by Gasteiger charge is -2.22. The Labute approximate surface area is 95.0 Å². The van der Waals surface area contributed by atoms with Gasteiger partial charge >= 0.3 is 0 Å². The molecule has 0 bridgehead atoms. The van der Waals surface area contributed by atoms with Crippen LogP contribution in [0.4, 0.5) is 0 Å². The summed E-state index contributed by atoms with van der Waals surface area (Å²) in [6.07, 6.45) is 4.30. The van der Waals surface area contributed by atoms with Gasteiger partial charge in [-0.3, -0.25) is 0 Å². The zero-order valence-corrected chi connectivity index (χ0v) is 9.30. The minimum absolute atomic E-state index is 0.742. The summed E-state index contributed by atoms with van der Waals surface area (Å²) in [5.41, 5.74) is 2.34. The van der Waals surface area contributed by atoms with Gasteiger partial charge < -0.3 is 9.30 Å². The number of nitrogens with zero attached hydrogens (tertiary/aromatic N) is 2. The third-order valence-electron chi connectivity index (χ3n) is 3.32. The first-order chi connectivity index (χ1) is 7.93. The van der Waals surface area contributed by atoms with Crippen molar-refractivity contribution in [3.05, 3.63) is 30.6 Å². The minimum atomic E-state index is 0.742. The number of rotatable bonds is 2. The van der Waals surface area contributed by atoms with Gasteiger partial charge in [0, 0.05) is 19.8 Å². The van der Waals surface area contributed by atoms with Crippen LogP contribution in [-0.4, -0.2) is 22.8 Å². The van der Waals surface area contributed by atoms with Gasteiger partial charge in [0.1, 0.15) is 0 Å². The van der Waals surface area contributed by atoms with Crippen LogP contribution < -0.4 is 0 Å². The summed E-state index contributed by atoms with van der Waals surface area (Å²) in [6.45, 7) is 2.90. The Balaban J connectivity index is 1.83. The van der Waals surface area contributed by atoms with E-state index in [1.807, 2.05) is 12.4 Å². The van der Waals surface area contributed by atoms with E-state index < -0.39 is 0 Å². The molecule has 0 spiro atoms. The SMILES string of the molecule is c1ccc2c(c1)ncn2CC1CCOCC1. The van der Waals surface area contributed by atoms with Gasteiger partial charge in [-0.05, 0) is 30.9 Å². The van der Waals surface area contributed by atoms with E-state index in [4.69, 9.17) is 4.74 Å². The highest BCUT2D eigenvalue weighted by molar-refractivity contribution is 5.74. The van der Waals surface area contributed by atoms with Gasteiger partial charge in [0.25, 0.3) is 0 Å². The van der Waals surface area contributed by atoms with E-state index in [-0.39, 0.29) is 0 Å². The van der Waals surface area contributed by atoms with E-state index in [0.29, 0.717) is 0 Å². The number of hydrogen-bond donors (Lipinski definition) is 0. The topological polar surface area (TPSA) is 27.1 Å². The average molecular weight is 216 g/mol. The Morgan fingerprint density at radius 3 is 2.94 bits per heavy atom. The fraction of sp³-hybridized carbons (Fsp3) is 0.462. The largest absolute Gasteiger partial charge is 0.381 e. The van der Waals surface area contributed by atoms with Crippen molar-refractivity contribution in [2.75, 3.05) is 13.2 Å². The number of aromatic nitrogens is 2. The first-order valence-electron chi connectivity index (χ1n) is 5.91. The number of ether oxygens (including phenoxy) is 1. The Morgan fingerprint density at radius 1 is 1.25 bits per heavy atom. The summed E-state index contributed by atoms with van der Waals surface area (Å²) in [7, 11) is 0. The van der Waals surface area contributed by atoms with Gasteiger partial charge in [-0.1, -0.05) is 12.1 Å². The monoisotopic (exact) mass is 216 g/mol. The summed E-state index contributed by atoms with van der Waals surface area (Å²) in [5.74, 6) is 0.742. The molecule has 3 rings (SSSR count). The molecule has 1 aromatic carbocycles. The molecule has 3 nitrogen and oxygen atoms in total. The number of benzene rings is 1. The van der Waals surface area contributed by atoms with Crippen molar-refractivity contribution in [3.8, 4) is 0 Å². The van der Waals surface area contributed by atoms with Crippen LogP contribution >= 0.6 is 0 Å². The molecule has 0 atom stereocenters. The standard InChI is InChI=1S/C13H16N2O/c1-2-4-13-12(3-1)14-10-15(13)9-11-5-7-16-8-6-11/h1-4,10-11H,5-9H2. The number of hydrogen-bond acceptors (Lipinski definition) is 2. The van der Waals surface area contributed by atoms with E-state index >= 15 is 0 Å². The first kappa shape index (κ1) is 9.85. The third-order valence-corrected chi connectivity index (χ3v) is 3.32. The molecule has 1 saturated heterocycles. The Kier molecular flexibility index (Phi) is 2.62. The van der Waals surface area contributed by atoms with Gasteiger partial charge in [0.15, 0.2) is 0 Å². The molecule has 1 aromatic heterocycles. The van der Waals surface area contributed by atoms with Crippen LogP contribution in [0.5, 0.6) is 0 Å². The fourth-order valence-electron chi connectivity index (χ4n) is 2.36. The maximum Gasteiger partial charge on any atom is 0.0958 e. The Morgan fingerprint density at radius 2 is 2.06 bits per heavy atom. The molecular weight excluding hydrogens is 200 g/mol. The fourth-order valence-corrected chi connectivity index (χ4v) is 2.36. The van der Waals surface area contributed by atoms with Crippen LogP contribution in [0.3, 0.4) is 0 Å². The lowest BCUT2D eigenvalue weighted by Crippen LogP contribution is -2.20. The molecule has 16 heavy (non-hydrogen) atoms. The molecule has 0 unspecified atom stereocenters. The Bertz CT molecular complexity index is 471. The zero-order chi connectivity index (χ0) is 10.8. The highest BCUT2D eigenvalue weighted by atomic mass is 16.5. The van der Waals surface area contributed by atoms with E-state index in [1.165, 1.54) is 18.4 Å². The van der Waals surface area contributed by atoms with Crippen LogP contribution in [0, 0.1) is 5.92 Å². The summed E-state index contributed by atoms with van der Waals surface area (Å²) >= 11 is 0. The molecule has 0 aliphatic carbocycles. The van der Waals surface area contributed by atoms with Crippen molar-refractivity contribution in [1.29, 1.82) is 0 Å². The van der Waals surface area contributed by atoms with Crippen molar-refractivity contribution in [3.63, 3.8) is 0 Å². The maximum absolute atomic E-state index is 5.38. The van der Waals surface area contributed by atoms with E-state index in [1.54, 1.807) is 0 Å². The highest BCUT2D eigenvalue weighted by Crippen LogP contribution is 2.20. The van der Waals surface area contributed by atoms with E-state index in [2.05, 4.69) is 27.8 Å². The molecule has 0 saturated carbocycles. The lowest BCUT2D eigenvalue weighted by atomic mass is 10.0. The minimum Gasteiger partial charge on any atom is -0.381 e. The van der Waals surface area contributed by atoms with Crippen molar-refractivity contribution in [1.82, 2.24) is 9.55 Å². The number of imidazole rings is 1. The zero-order valence-electron chi connectivity index (χ0n) is 9.30. The predicted octanol–water partition coefficient (Wildman–Crippen LogP) is 2.46. The van der Waals surface area contributed by atoms with Gasteiger partial charge in [-0.25, -0.2) is 4.98 Å². The van der Waals surface area contributed by atoms with Crippen molar-refractivity contribution >= 4 is 11.0 Å². The van der Waals surface area contributed by atoms with Gasteiger partial charge in [-0.15, -0.1) is 0 Å². The number of para-hydroxylation sites is 2. The summed E-state index contributed by atoms with van der Waals surface area (Å²) in [4.78, 5) is 4.42. The molecule has 0 N–H and O–H groups in total. The number of fused-ring (bicyclic) bond motifs is 1. The molecule has 1 fully saturated rings. The molecular formula is C13H16N2O. The maximum atomic E-state index is 5.38. The van der Waals surface area contributed by atoms with Gasteiger partial charge in [0.2, 0.25) is 0 Å². The second-order valence-corrected chi connectivity index (χ2v) is 4.44. The molecule has 1 aliphatic rings. The quantitative estimate of drug-likeness (QED) is 0.771. The second-order valence-electron chi connectivity index (χ2n) is 4.44. The molecule has 2 heterocycles. The highest BCUT2D eigenvalue weighted by Gasteiger charge is 2.15. The van der Waals surface area contributed by atoms with Crippen molar-refractivity contribution in [2.24, 2.45) is 5.92 Å². The van der Waals surface area contributed by atoms with E-state index in [0.717, 1.165) is 31.2 Å². The van der Waals surface area contributed by atoms with Crippen LogP contribution in [0.2, 0.25) is 0 Å². The summed E-state index contributed by atoms with van der Waals surface area (Å²) in [6, 6.07) is 8.32. The molecule has 2 aromatic rings. The molecule has 84 valence electrons. The summed E-state index contributed by atoms with van der Waals surface area (Å²) < 4.78 is 7.65. The molecule has 3 heteroatoms. The Hall–Kier alpha value is -1.35. The van der Waals surface area contributed by atoms with Crippen LogP contribution in [-0.2, 0) is 11.3 Å². The van der Waals surface area contributed by atoms with Crippen LogP contribution in [0.15, 0.2) is 30.6 Å². The van der Waals surface area contributed by atoms with Gasteiger partial charge in [0.05, 0.1) is 17.4 Å². The first-order valence-corrected chi connectivity index (χ1v) is 5.91. The van der Waals surface area contributed by atoms with Crippen molar-refractivity contribution < 1.29 is 4.74 Å². The predicted molar refractivity (Wildman–Crippen MR) is 63.3 cm³/mol. The smallest absolute Gasteiger partial charge is 0.0958 e. The molecule has 0 radical (unpaired) electrons. The average Bonchev–Trinajstić information content (AvgIpc) is 2.74. The van der Waals surface area contributed by atoms with Crippen LogP contribution in [0.25, 0.3) is 11.0 Å². The van der Waals surface area contributed by atoms with Gasteiger partial charge in [-0.2, -0.15) is 0 Å². The van der Waals surface area contributed by atoms with Crippen LogP contribution in [0.1, 0.15) is 12.8 Å². The molecule has 0 amide bonds. The third kappa shape index (κ3) is 1.83. The molecule has 1 aliphatic heterocycles. The second kappa shape index (κ2) is 4.26.